The smallest absolute Gasteiger partial charge is 0.320 e. The summed E-state index contributed by atoms with van der Waals surface area (Å²) >= 11 is 0.943. The minimum atomic E-state index is -3.85. The van der Waals surface area contributed by atoms with E-state index < -0.39 is 22.0 Å². The summed E-state index contributed by atoms with van der Waals surface area (Å²) in [7, 11) is -3.85. The van der Waals surface area contributed by atoms with E-state index in [-0.39, 0.29) is 30.6 Å². The second-order valence-corrected chi connectivity index (χ2v) is 8.24. The van der Waals surface area contributed by atoms with Gasteiger partial charge >= 0.3 is 11.9 Å². The molecule has 2 rings (SSSR count). The molecule has 0 saturated carbocycles. The van der Waals surface area contributed by atoms with Gasteiger partial charge in [0.2, 0.25) is 4.34 Å². The van der Waals surface area contributed by atoms with Crippen LogP contribution in [0.1, 0.15) is 0 Å². The lowest BCUT2D eigenvalue weighted by Gasteiger charge is -2.08. The summed E-state index contributed by atoms with van der Waals surface area (Å²) in [6.45, 7) is 0.863. The maximum absolute atomic E-state index is 11.5. The molecule has 2 aromatic rings. The van der Waals surface area contributed by atoms with Gasteiger partial charge in [0.05, 0.1) is 23.3 Å². The van der Waals surface area contributed by atoms with E-state index in [1.165, 1.54) is 0 Å². The van der Waals surface area contributed by atoms with Crippen LogP contribution in [-0.4, -0.2) is 69.8 Å². The molecule has 5 N–H and O–H groups in total. The van der Waals surface area contributed by atoms with E-state index in [1.807, 2.05) is 0 Å². The summed E-state index contributed by atoms with van der Waals surface area (Å²) in [5.41, 5.74) is 0.497. The van der Waals surface area contributed by atoms with E-state index in [4.69, 9.17) is 19.7 Å². The topological polar surface area (TPSA) is 170 Å². The molecule has 0 unspecified atom stereocenters. The van der Waals surface area contributed by atoms with Crippen LogP contribution in [0.15, 0.2) is 22.5 Å². The number of carboxylic acid groups (broad SMARTS) is 1. The Kier molecular flexibility index (Phi) is 8.07. The highest BCUT2D eigenvalue weighted by molar-refractivity contribution is 7.91. The van der Waals surface area contributed by atoms with Crippen LogP contribution in [0, 0.1) is 0 Å². The van der Waals surface area contributed by atoms with Crippen molar-refractivity contribution in [2.45, 2.75) is 4.34 Å². The molecule has 1 heterocycles. The third-order valence-corrected chi connectivity index (χ3v) is 5.56. The number of nitrogens with one attached hydrogen (secondary N) is 2. The number of aliphatic carboxylic acids is 1. The Hall–Kier alpha value is -2.32. The van der Waals surface area contributed by atoms with Crippen molar-refractivity contribution in [3.05, 3.63) is 18.2 Å². The van der Waals surface area contributed by atoms with E-state index in [1.54, 1.807) is 18.2 Å². The molecule has 0 aliphatic carbocycles. The van der Waals surface area contributed by atoms with Gasteiger partial charge in [-0.2, -0.15) is 0 Å². The lowest BCUT2D eigenvalue weighted by atomic mass is 10.3. The number of fused-ring (bicyclic) bond motifs is 1. The van der Waals surface area contributed by atoms with Crippen LogP contribution in [0.2, 0.25) is 0 Å². The molecule has 11 nitrogen and oxygen atoms in total. The Morgan fingerprint density at radius 1 is 1.18 bits per heavy atom. The molecule has 0 aliphatic rings. The lowest BCUT2D eigenvalue weighted by molar-refractivity contribution is -0.143. The Labute approximate surface area is 164 Å². The second kappa shape index (κ2) is 10.3. The molecule has 0 atom stereocenters. The fraction of sp³-hybridized carbons (Fsp3) is 0.400. The Balaban J connectivity index is 1.66. The van der Waals surface area contributed by atoms with Crippen molar-refractivity contribution in [2.75, 3.05) is 39.4 Å². The Bertz CT molecular complexity index is 930. The van der Waals surface area contributed by atoms with Gasteiger partial charge in [0.15, 0.2) is 0 Å². The van der Waals surface area contributed by atoms with E-state index in [2.05, 4.69) is 15.6 Å². The number of sulfonamides is 1. The molecular weight excluding hydrogens is 412 g/mol. The highest BCUT2D eigenvalue weighted by Gasteiger charge is 2.14. The number of nitrogens with zero attached hydrogens (tertiary/aromatic N) is 1. The van der Waals surface area contributed by atoms with Gasteiger partial charge in [-0.1, -0.05) is 0 Å². The molecular formula is C15H20N4O7S2. The zero-order valence-electron chi connectivity index (χ0n) is 14.7. The molecule has 0 fully saturated rings. The summed E-state index contributed by atoms with van der Waals surface area (Å²) < 4.78 is 33.6. The number of esters is 1. The van der Waals surface area contributed by atoms with Crippen molar-refractivity contribution in [2.24, 2.45) is 5.14 Å². The number of ether oxygens (including phenoxy) is 2. The molecule has 28 heavy (non-hydrogen) atoms. The zero-order chi connectivity index (χ0) is 20.6. The maximum atomic E-state index is 11.5. The van der Waals surface area contributed by atoms with Gasteiger partial charge in [-0.05, 0) is 18.2 Å². The maximum Gasteiger partial charge on any atom is 0.320 e. The van der Waals surface area contributed by atoms with Crippen LogP contribution >= 0.6 is 11.3 Å². The fourth-order valence-corrected chi connectivity index (χ4v) is 3.71. The molecule has 0 spiro atoms. The standard InChI is InChI=1S/C15H20N4O7S2/c16-28(23,24)15-19-11-2-1-10(7-12(11)27-15)25-5-6-26-14(22)9-18-4-3-17-8-13(20)21/h1-2,7,17-18H,3-6,8-9H2,(H,20,21)(H2,16,23,24). The van der Waals surface area contributed by atoms with Crippen molar-refractivity contribution >= 4 is 43.5 Å². The molecule has 13 heteroatoms. The van der Waals surface area contributed by atoms with Gasteiger partial charge in [0.1, 0.15) is 19.0 Å². The summed E-state index contributed by atoms with van der Waals surface area (Å²) in [4.78, 5) is 25.8. The van der Waals surface area contributed by atoms with Crippen molar-refractivity contribution in [1.82, 2.24) is 15.6 Å². The molecule has 154 valence electrons. The van der Waals surface area contributed by atoms with Crippen LogP contribution in [0.5, 0.6) is 5.75 Å². The van der Waals surface area contributed by atoms with Crippen molar-refractivity contribution in [3.63, 3.8) is 0 Å². The third kappa shape index (κ3) is 7.36. The number of rotatable bonds is 12. The molecule has 0 aliphatic heterocycles. The first-order valence-electron chi connectivity index (χ1n) is 8.11. The highest BCUT2D eigenvalue weighted by atomic mass is 32.2. The van der Waals surface area contributed by atoms with Gasteiger partial charge < -0.3 is 25.2 Å². The third-order valence-electron chi connectivity index (χ3n) is 3.22. The number of hydrogen-bond donors (Lipinski definition) is 4. The number of nitrogens with two attached hydrogens (primary N) is 1. The number of carboxylic acids is 1. The SMILES string of the molecule is NS(=O)(=O)c1nc2ccc(OCCOC(=O)CNCCNCC(=O)O)cc2s1. The minimum absolute atomic E-state index is 0.00207. The summed E-state index contributed by atoms with van der Waals surface area (Å²) in [6.07, 6.45) is 0. The first kappa shape index (κ1) is 22.0. The minimum Gasteiger partial charge on any atom is -0.490 e. The zero-order valence-corrected chi connectivity index (χ0v) is 16.3. The first-order valence-corrected chi connectivity index (χ1v) is 10.5. The lowest BCUT2D eigenvalue weighted by Crippen LogP contribution is -2.34. The quantitative estimate of drug-likeness (QED) is 0.244. The van der Waals surface area contributed by atoms with Gasteiger partial charge in [0, 0.05) is 13.1 Å². The fourth-order valence-electron chi connectivity index (χ4n) is 2.02. The number of primary sulfonamides is 1. The molecule has 0 radical (unpaired) electrons. The monoisotopic (exact) mass is 432 g/mol. The van der Waals surface area contributed by atoms with Crippen LogP contribution < -0.4 is 20.5 Å². The Morgan fingerprint density at radius 2 is 1.89 bits per heavy atom. The molecule has 1 aromatic heterocycles. The number of aromatic nitrogens is 1. The van der Waals surface area contributed by atoms with Gasteiger partial charge in [-0.25, -0.2) is 18.5 Å². The van der Waals surface area contributed by atoms with Crippen LogP contribution in [0.4, 0.5) is 0 Å². The molecule has 0 saturated heterocycles. The number of thiazole rings is 1. The van der Waals surface area contributed by atoms with E-state index in [0.717, 1.165) is 11.3 Å². The molecule has 1 aromatic carbocycles. The van der Waals surface area contributed by atoms with Crippen LogP contribution in [0.3, 0.4) is 0 Å². The predicted molar refractivity (Wildman–Crippen MR) is 101 cm³/mol. The number of carbonyl (C=O) groups excluding carboxylic acids is 1. The van der Waals surface area contributed by atoms with Crippen LogP contribution in [0.25, 0.3) is 10.2 Å². The largest absolute Gasteiger partial charge is 0.490 e. The number of benzene rings is 1. The summed E-state index contributed by atoms with van der Waals surface area (Å²) in [6, 6.07) is 4.88. The van der Waals surface area contributed by atoms with Crippen molar-refractivity contribution in [1.29, 1.82) is 0 Å². The first-order chi connectivity index (χ1) is 13.3. The number of carbonyl (C=O) groups is 2. The van der Waals surface area contributed by atoms with E-state index in [0.29, 0.717) is 29.1 Å². The van der Waals surface area contributed by atoms with Crippen LogP contribution in [-0.2, 0) is 24.3 Å². The molecule has 0 bridgehead atoms. The normalized spacial score (nSPS) is 11.5. The van der Waals surface area contributed by atoms with E-state index >= 15 is 0 Å². The average molecular weight is 432 g/mol. The van der Waals surface area contributed by atoms with E-state index in [9.17, 15) is 18.0 Å². The van der Waals surface area contributed by atoms with Crippen molar-refractivity contribution < 1.29 is 32.6 Å². The predicted octanol–water partition coefficient (Wildman–Crippen LogP) is -0.870. The second-order valence-electron chi connectivity index (χ2n) is 5.47. The molecule has 0 amide bonds. The van der Waals surface area contributed by atoms with Gasteiger partial charge in [0.25, 0.3) is 10.0 Å². The van der Waals surface area contributed by atoms with Gasteiger partial charge in [-0.15, -0.1) is 11.3 Å². The Morgan fingerprint density at radius 3 is 2.57 bits per heavy atom. The summed E-state index contributed by atoms with van der Waals surface area (Å²) in [5, 5.41) is 19.0. The average Bonchev–Trinajstić information content (AvgIpc) is 3.05. The summed E-state index contributed by atoms with van der Waals surface area (Å²) in [5.74, 6) is -0.924. The number of hydrogen-bond acceptors (Lipinski definition) is 10. The van der Waals surface area contributed by atoms with Crippen molar-refractivity contribution in [3.8, 4) is 5.75 Å². The highest BCUT2D eigenvalue weighted by Crippen LogP contribution is 2.28. The van der Waals surface area contributed by atoms with Gasteiger partial charge in [-0.3, -0.25) is 9.59 Å².